The molecule has 2 N–H and O–H groups in total. The zero-order chi connectivity index (χ0) is 9.30. The van der Waals surface area contributed by atoms with Crippen molar-refractivity contribution in [2.24, 2.45) is 17.8 Å². The van der Waals surface area contributed by atoms with E-state index in [4.69, 9.17) is 0 Å². The zero-order valence-corrected chi connectivity index (χ0v) is 8.20. The minimum atomic E-state index is -0.511. The summed E-state index contributed by atoms with van der Waals surface area (Å²) < 4.78 is 0. The molecule has 0 aromatic heterocycles. The number of aliphatic hydroxyl groups excluding tert-OH is 2. The SMILES string of the molecule is CCC1CC(O)C(O)C(C)C1C. The quantitative estimate of drug-likeness (QED) is 0.628. The molecule has 1 aliphatic carbocycles. The second kappa shape index (κ2) is 3.75. The highest BCUT2D eigenvalue weighted by Crippen LogP contribution is 2.36. The zero-order valence-electron chi connectivity index (χ0n) is 8.20. The van der Waals surface area contributed by atoms with E-state index in [1.807, 2.05) is 6.92 Å². The van der Waals surface area contributed by atoms with Crippen molar-refractivity contribution in [3.63, 3.8) is 0 Å². The molecule has 0 bridgehead atoms. The number of aliphatic hydroxyl groups is 2. The molecule has 5 atom stereocenters. The predicted molar refractivity (Wildman–Crippen MR) is 48.7 cm³/mol. The van der Waals surface area contributed by atoms with E-state index < -0.39 is 12.2 Å². The van der Waals surface area contributed by atoms with Gasteiger partial charge >= 0.3 is 0 Å². The van der Waals surface area contributed by atoms with Crippen LogP contribution in [-0.4, -0.2) is 22.4 Å². The van der Waals surface area contributed by atoms with Gasteiger partial charge in [-0.1, -0.05) is 27.2 Å². The van der Waals surface area contributed by atoms with Gasteiger partial charge in [-0.2, -0.15) is 0 Å². The maximum absolute atomic E-state index is 9.58. The Balaban J connectivity index is 2.63. The molecule has 1 fully saturated rings. The summed E-state index contributed by atoms with van der Waals surface area (Å²) in [5.41, 5.74) is 0. The van der Waals surface area contributed by atoms with Crippen LogP contribution in [0.3, 0.4) is 0 Å². The Kier molecular flexibility index (Phi) is 3.13. The van der Waals surface area contributed by atoms with E-state index in [0.717, 1.165) is 12.8 Å². The van der Waals surface area contributed by atoms with Crippen molar-refractivity contribution in [2.75, 3.05) is 0 Å². The van der Waals surface area contributed by atoms with Gasteiger partial charge in [-0.15, -0.1) is 0 Å². The molecule has 2 nitrogen and oxygen atoms in total. The van der Waals surface area contributed by atoms with Crippen molar-refractivity contribution >= 4 is 0 Å². The van der Waals surface area contributed by atoms with Crippen LogP contribution in [0.25, 0.3) is 0 Å². The molecule has 2 heteroatoms. The fraction of sp³-hybridized carbons (Fsp3) is 1.00. The molecular weight excluding hydrogens is 152 g/mol. The van der Waals surface area contributed by atoms with Crippen LogP contribution >= 0.6 is 0 Å². The second-order valence-corrected chi connectivity index (χ2v) is 4.18. The van der Waals surface area contributed by atoms with Gasteiger partial charge in [-0.25, -0.2) is 0 Å². The molecule has 1 aliphatic rings. The summed E-state index contributed by atoms with van der Waals surface area (Å²) in [4.78, 5) is 0. The van der Waals surface area contributed by atoms with Crippen molar-refractivity contribution in [1.29, 1.82) is 0 Å². The maximum atomic E-state index is 9.58. The molecule has 0 aromatic rings. The predicted octanol–water partition coefficient (Wildman–Crippen LogP) is 1.41. The van der Waals surface area contributed by atoms with Crippen molar-refractivity contribution in [3.8, 4) is 0 Å². The summed E-state index contributed by atoms with van der Waals surface area (Å²) in [5.74, 6) is 1.35. The van der Waals surface area contributed by atoms with E-state index >= 15 is 0 Å². The third-order valence-corrected chi connectivity index (χ3v) is 3.57. The van der Waals surface area contributed by atoms with E-state index in [0.29, 0.717) is 11.8 Å². The van der Waals surface area contributed by atoms with Crippen molar-refractivity contribution in [1.82, 2.24) is 0 Å². The molecule has 0 aromatic carbocycles. The molecule has 72 valence electrons. The largest absolute Gasteiger partial charge is 0.390 e. The highest BCUT2D eigenvalue weighted by Gasteiger charge is 2.37. The van der Waals surface area contributed by atoms with E-state index in [9.17, 15) is 10.2 Å². The van der Waals surface area contributed by atoms with Crippen LogP contribution in [0.15, 0.2) is 0 Å². The van der Waals surface area contributed by atoms with Gasteiger partial charge in [-0.05, 0) is 24.2 Å². The Morgan fingerprint density at radius 1 is 1.17 bits per heavy atom. The third kappa shape index (κ3) is 1.64. The summed E-state index contributed by atoms with van der Waals surface area (Å²) in [5, 5.41) is 19.1. The first-order valence-corrected chi connectivity index (χ1v) is 4.94. The van der Waals surface area contributed by atoms with Gasteiger partial charge in [0.2, 0.25) is 0 Å². The first-order valence-electron chi connectivity index (χ1n) is 4.94. The van der Waals surface area contributed by atoms with Crippen molar-refractivity contribution < 1.29 is 10.2 Å². The Morgan fingerprint density at radius 3 is 2.25 bits per heavy atom. The number of rotatable bonds is 1. The molecule has 0 radical (unpaired) electrons. The average molecular weight is 172 g/mol. The Labute approximate surface area is 74.6 Å². The second-order valence-electron chi connectivity index (χ2n) is 4.18. The third-order valence-electron chi connectivity index (χ3n) is 3.57. The molecule has 0 aliphatic heterocycles. The van der Waals surface area contributed by atoms with Gasteiger partial charge in [0.25, 0.3) is 0 Å². The number of hydrogen-bond donors (Lipinski definition) is 2. The molecule has 5 unspecified atom stereocenters. The lowest BCUT2D eigenvalue weighted by atomic mass is 9.70. The van der Waals surface area contributed by atoms with Crippen LogP contribution < -0.4 is 0 Å². The standard InChI is InChI=1S/C10H20O2/c1-4-8-5-9(11)10(12)7(3)6(8)2/h6-12H,4-5H2,1-3H3. The van der Waals surface area contributed by atoms with Crippen molar-refractivity contribution in [2.45, 2.75) is 45.8 Å². The van der Waals surface area contributed by atoms with Gasteiger partial charge < -0.3 is 10.2 Å². The van der Waals surface area contributed by atoms with Gasteiger partial charge in [0.05, 0.1) is 12.2 Å². The van der Waals surface area contributed by atoms with E-state index in [1.54, 1.807) is 0 Å². The minimum absolute atomic E-state index is 0.235. The van der Waals surface area contributed by atoms with Crippen LogP contribution in [0, 0.1) is 17.8 Å². The Morgan fingerprint density at radius 2 is 1.75 bits per heavy atom. The van der Waals surface area contributed by atoms with E-state index in [1.165, 1.54) is 0 Å². The highest BCUT2D eigenvalue weighted by molar-refractivity contribution is 4.87. The van der Waals surface area contributed by atoms with Gasteiger partial charge in [-0.3, -0.25) is 0 Å². The van der Waals surface area contributed by atoms with Crippen LogP contribution in [0.1, 0.15) is 33.6 Å². The van der Waals surface area contributed by atoms with Gasteiger partial charge in [0, 0.05) is 0 Å². The van der Waals surface area contributed by atoms with Gasteiger partial charge in [0.1, 0.15) is 0 Å². The minimum Gasteiger partial charge on any atom is -0.390 e. The molecular formula is C10H20O2. The fourth-order valence-corrected chi connectivity index (χ4v) is 2.29. The summed E-state index contributed by atoms with van der Waals surface area (Å²) in [6.07, 6.45) is 0.863. The summed E-state index contributed by atoms with van der Waals surface area (Å²) in [6, 6.07) is 0. The molecule has 0 amide bonds. The van der Waals surface area contributed by atoms with Crippen LogP contribution in [0.2, 0.25) is 0 Å². The van der Waals surface area contributed by atoms with Gasteiger partial charge in [0.15, 0.2) is 0 Å². The summed E-state index contributed by atoms with van der Waals surface area (Å²) >= 11 is 0. The average Bonchev–Trinajstić information content (AvgIpc) is 2.08. The Bertz CT molecular complexity index is 142. The summed E-state index contributed by atoms with van der Waals surface area (Å²) in [7, 11) is 0. The molecule has 0 saturated heterocycles. The molecule has 12 heavy (non-hydrogen) atoms. The Hall–Kier alpha value is -0.0800. The van der Waals surface area contributed by atoms with Crippen molar-refractivity contribution in [3.05, 3.63) is 0 Å². The lowest BCUT2D eigenvalue weighted by Gasteiger charge is -2.40. The molecule has 0 spiro atoms. The molecule has 1 saturated carbocycles. The smallest absolute Gasteiger partial charge is 0.0827 e. The van der Waals surface area contributed by atoms with Crippen LogP contribution in [0.5, 0.6) is 0 Å². The first kappa shape index (κ1) is 10.0. The fourth-order valence-electron chi connectivity index (χ4n) is 2.29. The van der Waals surface area contributed by atoms with E-state index in [-0.39, 0.29) is 5.92 Å². The maximum Gasteiger partial charge on any atom is 0.0827 e. The lowest BCUT2D eigenvalue weighted by molar-refractivity contribution is -0.0805. The lowest BCUT2D eigenvalue weighted by Crippen LogP contribution is -2.44. The van der Waals surface area contributed by atoms with Crippen LogP contribution in [-0.2, 0) is 0 Å². The number of hydrogen-bond acceptors (Lipinski definition) is 2. The van der Waals surface area contributed by atoms with E-state index in [2.05, 4.69) is 13.8 Å². The summed E-state index contributed by atoms with van der Waals surface area (Å²) in [6.45, 7) is 6.35. The molecule has 1 rings (SSSR count). The monoisotopic (exact) mass is 172 g/mol. The molecule has 0 heterocycles. The normalized spacial score (nSPS) is 49.2. The highest BCUT2D eigenvalue weighted by atomic mass is 16.3. The first-order chi connectivity index (χ1) is 5.57. The topological polar surface area (TPSA) is 40.5 Å². The van der Waals surface area contributed by atoms with Crippen LogP contribution in [0.4, 0.5) is 0 Å².